The molecule has 1 fully saturated rings. The molecule has 0 radical (unpaired) electrons. The molecule has 84 valence electrons. The lowest BCUT2D eigenvalue weighted by Gasteiger charge is -2.29. The van der Waals surface area contributed by atoms with Crippen molar-refractivity contribution in [2.24, 2.45) is 11.8 Å². The first-order valence-electron chi connectivity index (χ1n) is 5.82. The monoisotopic (exact) mass is 200 g/mol. The van der Waals surface area contributed by atoms with Crippen LogP contribution in [0.15, 0.2) is 0 Å². The third-order valence-electron chi connectivity index (χ3n) is 2.64. The molecule has 0 unspecified atom stereocenters. The summed E-state index contributed by atoms with van der Waals surface area (Å²) in [6.07, 6.45) is 3.26. The number of ether oxygens (including phenoxy) is 2. The Balaban J connectivity index is 2.44. The summed E-state index contributed by atoms with van der Waals surface area (Å²) in [5, 5.41) is 0. The fourth-order valence-electron chi connectivity index (χ4n) is 1.99. The summed E-state index contributed by atoms with van der Waals surface area (Å²) in [4.78, 5) is 0. The van der Waals surface area contributed by atoms with Gasteiger partial charge in [0.1, 0.15) is 0 Å². The maximum Gasteiger partial charge on any atom is 0.168 e. The maximum atomic E-state index is 5.78. The molecule has 14 heavy (non-hydrogen) atoms. The summed E-state index contributed by atoms with van der Waals surface area (Å²) >= 11 is 0. The lowest BCUT2D eigenvalue weighted by atomic mass is 9.95. The van der Waals surface area contributed by atoms with Crippen LogP contribution in [0.3, 0.4) is 0 Å². The Morgan fingerprint density at radius 3 is 2.00 bits per heavy atom. The Morgan fingerprint density at radius 1 is 1.00 bits per heavy atom. The highest BCUT2D eigenvalue weighted by Gasteiger charge is 2.36. The SMILES string of the molecule is CC(C)CCC1(CC(C)C)OCCO1. The van der Waals surface area contributed by atoms with E-state index in [0.29, 0.717) is 5.92 Å². The zero-order valence-corrected chi connectivity index (χ0v) is 10.0. The number of rotatable bonds is 5. The highest BCUT2D eigenvalue weighted by atomic mass is 16.7. The summed E-state index contributed by atoms with van der Waals surface area (Å²) < 4.78 is 11.6. The molecule has 1 rings (SSSR count). The van der Waals surface area contributed by atoms with Crippen molar-refractivity contribution in [3.63, 3.8) is 0 Å². The van der Waals surface area contributed by atoms with E-state index in [1.54, 1.807) is 0 Å². The second-order valence-corrected chi connectivity index (χ2v) is 5.14. The fourth-order valence-corrected chi connectivity index (χ4v) is 1.99. The Bertz CT molecular complexity index is 158. The second kappa shape index (κ2) is 5.13. The van der Waals surface area contributed by atoms with E-state index in [1.807, 2.05) is 0 Å². The van der Waals surface area contributed by atoms with Gasteiger partial charge in [0, 0.05) is 12.8 Å². The predicted octanol–water partition coefficient (Wildman–Crippen LogP) is 3.21. The second-order valence-electron chi connectivity index (χ2n) is 5.14. The van der Waals surface area contributed by atoms with Crippen LogP contribution in [0.2, 0.25) is 0 Å². The van der Waals surface area contributed by atoms with Crippen molar-refractivity contribution < 1.29 is 9.47 Å². The van der Waals surface area contributed by atoms with Crippen LogP contribution < -0.4 is 0 Å². The van der Waals surface area contributed by atoms with Gasteiger partial charge in [0.05, 0.1) is 13.2 Å². The molecule has 0 N–H and O–H groups in total. The Hall–Kier alpha value is -0.0800. The van der Waals surface area contributed by atoms with Gasteiger partial charge in [-0.25, -0.2) is 0 Å². The van der Waals surface area contributed by atoms with Gasteiger partial charge in [-0.2, -0.15) is 0 Å². The van der Waals surface area contributed by atoms with Gasteiger partial charge in [-0.15, -0.1) is 0 Å². The molecular formula is C12H24O2. The van der Waals surface area contributed by atoms with Crippen molar-refractivity contribution in [1.82, 2.24) is 0 Å². The van der Waals surface area contributed by atoms with Gasteiger partial charge in [-0.3, -0.25) is 0 Å². The molecule has 0 aromatic heterocycles. The highest BCUT2D eigenvalue weighted by Crippen LogP contribution is 2.32. The quantitative estimate of drug-likeness (QED) is 0.678. The van der Waals surface area contributed by atoms with Crippen LogP contribution in [-0.2, 0) is 9.47 Å². The molecular weight excluding hydrogens is 176 g/mol. The molecule has 0 atom stereocenters. The van der Waals surface area contributed by atoms with Crippen molar-refractivity contribution >= 4 is 0 Å². The summed E-state index contributed by atoms with van der Waals surface area (Å²) in [6, 6.07) is 0. The third-order valence-corrected chi connectivity index (χ3v) is 2.64. The summed E-state index contributed by atoms with van der Waals surface area (Å²) in [5.74, 6) is 1.12. The van der Waals surface area contributed by atoms with Crippen LogP contribution >= 0.6 is 0 Å². The first-order valence-corrected chi connectivity index (χ1v) is 5.82. The normalized spacial score (nSPS) is 21.0. The van der Waals surface area contributed by atoms with Gasteiger partial charge < -0.3 is 9.47 Å². The van der Waals surface area contributed by atoms with Crippen molar-refractivity contribution in [3.8, 4) is 0 Å². The Kier molecular flexibility index (Phi) is 4.39. The number of hydrogen-bond donors (Lipinski definition) is 0. The molecule has 0 spiro atoms. The molecule has 0 amide bonds. The minimum Gasteiger partial charge on any atom is -0.348 e. The predicted molar refractivity (Wildman–Crippen MR) is 58.2 cm³/mol. The highest BCUT2D eigenvalue weighted by molar-refractivity contribution is 4.76. The molecule has 0 aromatic rings. The van der Waals surface area contributed by atoms with Crippen LogP contribution in [0.1, 0.15) is 47.0 Å². The first kappa shape index (κ1) is 12.0. The van der Waals surface area contributed by atoms with E-state index in [9.17, 15) is 0 Å². The zero-order valence-electron chi connectivity index (χ0n) is 10.0. The van der Waals surface area contributed by atoms with E-state index in [2.05, 4.69) is 27.7 Å². The van der Waals surface area contributed by atoms with Crippen LogP contribution in [0.25, 0.3) is 0 Å². The van der Waals surface area contributed by atoms with Crippen molar-refractivity contribution in [2.45, 2.75) is 52.7 Å². The molecule has 1 aliphatic heterocycles. The Morgan fingerprint density at radius 2 is 1.57 bits per heavy atom. The molecule has 0 saturated carbocycles. The van der Waals surface area contributed by atoms with E-state index >= 15 is 0 Å². The van der Waals surface area contributed by atoms with Gasteiger partial charge in [0.25, 0.3) is 0 Å². The van der Waals surface area contributed by atoms with E-state index in [0.717, 1.165) is 32.0 Å². The van der Waals surface area contributed by atoms with Gasteiger partial charge in [-0.1, -0.05) is 27.7 Å². The largest absolute Gasteiger partial charge is 0.348 e. The summed E-state index contributed by atoms with van der Waals surface area (Å²) in [7, 11) is 0. The molecule has 0 bridgehead atoms. The van der Waals surface area contributed by atoms with Gasteiger partial charge in [0.2, 0.25) is 0 Å². The van der Waals surface area contributed by atoms with Crippen molar-refractivity contribution in [1.29, 1.82) is 0 Å². The first-order chi connectivity index (χ1) is 6.54. The van der Waals surface area contributed by atoms with Crippen LogP contribution in [0.5, 0.6) is 0 Å². The smallest absolute Gasteiger partial charge is 0.168 e. The Labute approximate surface area is 88.0 Å². The molecule has 2 nitrogen and oxygen atoms in total. The molecule has 1 heterocycles. The number of hydrogen-bond acceptors (Lipinski definition) is 2. The third kappa shape index (κ3) is 3.58. The van der Waals surface area contributed by atoms with Gasteiger partial charge in [-0.05, 0) is 18.3 Å². The average Bonchev–Trinajstić information content (AvgIpc) is 2.49. The van der Waals surface area contributed by atoms with Crippen molar-refractivity contribution in [2.75, 3.05) is 13.2 Å². The van der Waals surface area contributed by atoms with Crippen molar-refractivity contribution in [3.05, 3.63) is 0 Å². The molecule has 1 aliphatic rings. The molecule has 1 saturated heterocycles. The standard InChI is InChI=1S/C12H24O2/c1-10(2)5-6-12(9-11(3)4)13-7-8-14-12/h10-11H,5-9H2,1-4H3. The van der Waals surface area contributed by atoms with Gasteiger partial charge in [0.15, 0.2) is 5.79 Å². The van der Waals surface area contributed by atoms with Crippen LogP contribution in [0, 0.1) is 11.8 Å². The minimum absolute atomic E-state index is 0.252. The molecule has 2 heteroatoms. The zero-order chi connectivity index (χ0) is 10.6. The topological polar surface area (TPSA) is 18.5 Å². The summed E-state index contributed by atoms with van der Waals surface area (Å²) in [5.41, 5.74) is 0. The maximum absolute atomic E-state index is 5.78. The van der Waals surface area contributed by atoms with E-state index in [-0.39, 0.29) is 5.79 Å². The van der Waals surface area contributed by atoms with E-state index < -0.39 is 0 Å². The van der Waals surface area contributed by atoms with Crippen LogP contribution in [-0.4, -0.2) is 19.0 Å². The average molecular weight is 200 g/mol. The molecule has 0 aliphatic carbocycles. The minimum atomic E-state index is -0.252. The van der Waals surface area contributed by atoms with Gasteiger partial charge >= 0.3 is 0 Å². The molecule has 0 aromatic carbocycles. The lowest BCUT2D eigenvalue weighted by molar-refractivity contribution is -0.174. The summed E-state index contributed by atoms with van der Waals surface area (Å²) in [6.45, 7) is 10.5. The lowest BCUT2D eigenvalue weighted by Crippen LogP contribution is -2.32. The van der Waals surface area contributed by atoms with E-state index in [1.165, 1.54) is 6.42 Å². The van der Waals surface area contributed by atoms with Crippen LogP contribution in [0.4, 0.5) is 0 Å². The fraction of sp³-hybridized carbons (Fsp3) is 1.00. The van der Waals surface area contributed by atoms with E-state index in [4.69, 9.17) is 9.47 Å².